The van der Waals surface area contributed by atoms with Gasteiger partial charge in [0.25, 0.3) is 11.5 Å². The molecule has 0 unspecified atom stereocenters. The van der Waals surface area contributed by atoms with Gasteiger partial charge in [-0.3, -0.25) is 14.6 Å². The molecule has 2 heterocycles. The fraction of sp³-hybridized carbons (Fsp3) is 0.211. The van der Waals surface area contributed by atoms with Gasteiger partial charge >= 0.3 is 5.69 Å². The quantitative estimate of drug-likeness (QED) is 0.273. The first-order valence-corrected chi connectivity index (χ1v) is 8.61. The van der Waals surface area contributed by atoms with E-state index in [4.69, 9.17) is 0 Å². The smallest absolute Gasteiger partial charge is 0.325 e. The van der Waals surface area contributed by atoms with Crippen LogP contribution in [0, 0.1) is 6.07 Å². The van der Waals surface area contributed by atoms with E-state index in [1.54, 1.807) is 0 Å². The molecule has 9 nitrogen and oxygen atoms in total. The first kappa shape index (κ1) is 20.5. The van der Waals surface area contributed by atoms with Crippen molar-refractivity contribution in [3.05, 3.63) is 94.0 Å². The van der Waals surface area contributed by atoms with Crippen molar-refractivity contribution >= 4 is 11.6 Å². The van der Waals surface area contributed by atoms with E-state index in [9.17, 15) is 24.0 Å². The second kappa shape index (κ2) is 8.02. The van der Waals surface area contributed by atoms with E-state index in [0.29, 0.717) is 18.8 Å². The zero-order valence-corrected chi connectivity index (χ0v) is 16.2. The third kappa shape index (κ3) is 3.98. The van der Waals surface area contributed by atoms with Gasteiger partial charge in [-0.05, 0) is 28.8 Å². The summed E-state index contributed by atoms with van der Waals surface area (Å²) in [5.74, 6) is -0.602. The van der Waals surface area contributed by atoms with Crippen LogP contribution in [0.25, 0.3) is 0 Å². The molecule has 0 fully saturated rings. The number of carbonyl (C=O) groups excluding carboxylic acids is 1. The molecular formula is C19H15MnN4O5-. The Balaban J connectivity index is 0.00000240. The van der Waals surface area contributed by atoms with Crippen LogP contribution in [0.3, 0.4) is 0 Å². The van der Waals surface area contributed by atoms with Crippen LogP contribution in [-0.4, -0.2) is 22.4 Å². The minimum atomic E-state index is -0.758. The predicted octanol–water partition coefficient (Wildman–Crippen LogP) is -1.05. The normalized spacial score (nSPS) is 12.9. The molecule has 1 aliphatic heterocycles. The number of fused-ring (bicyclic) bond motifs is 1. The number of nitrogens with zero attached hydrogens (tertiary/aromatic N) is 1. The molecule has 149 valence electrons. The first-order valence-electron chi connectivity index (χ1n) is 8.61. The van der Waals surface area contributed by atoms with Gasteiger partial charge in [0, 0.05) is 42.9 Å². The van der Waals surface area contributed by atoms with Gasteiger partial charge in [0.15, 0.2) is 0 Å². The Bertz CT molecular complexity index is 1270. The summed E-state index contributed by atoms with van der Waals surface area (Å²) in [6.45, 7) is 1.31. The minimum absolute atomic E-state index is 0. The maximum Gasteiger partial charge on any atom is 0.325 e. The van der Waals surface area contributed by atoms with Crippen LogP contribution in [-0.2, 0) is 36.6 Å². The second-order valence-corrected chi connectivity index (χ2v) is 6.57. The molecule has 3 aromatic rings. The minimum Gasteiger partial charge on any atom is -0.385 e. The number of anilines is 1. The number of H-pyrrole nitrogens is 2. The predicted molar refractivity (Wildman–Crippen MR) is 100 cm³/mol. The summed E-state index contributed by atoms with van der Waals surface area (Å²) in [5.41, 5.74) is 0.581. The first-order chi connectivity index (χ1) is 13.4. The van der Waals surface area contributed by atoms with Gasteiger partial charge in [0.2, 0.25) is 0 Å². The third-order valence-corrected chi connectivity index (χ3v) is 4.77. The van der Waals surface area contributed by atoms with Crippen LogP contribution in [0.15, 0.2) is 43.6 Å². The number of rotatable bonds is 4. The fourth-order valence-corrected chi connectivity index (χ4v) is 3.26. The maximum absolute atomic E-state index is 12.2. The van der Waals surface area contributed by atoms with Crippen LogP contribution in [0.4, 0.5) is 5.69 Å². The Hall–Kier alpha value is -3.23. The van der Waals surface area contributed by atoms with Crippen LogP contribution in [0.1, 0.15) is 27.0 Å². The number of aromatic nitrogens is 2. The van der Waals surface area contributed by atoms with Crippen molar-refractivity contribution in [2.45, 2.75) is 19.5 Å². The zero-order chi connectivity index (χ0) is 19.8. The molecule has 4 rings (SSSR count). The Morgan fingerprint density at radius 3 is 2.66 bits per heavy atom. The molecule has 10 heteroatoms. The summed E-state index contributed by atoms with van der Waals surface area (Å²) in [6, 6.07) is 8.28. The SMILES string of the molecule is O=C(NCc1ccc2c(c1)CN(c1[c-]c(=O)c1=O)CC2)c1c[nH]c(=O)[nH]c1=O.[Mn]. The third-order valence-electron chi connectivity index (χ3n) is 4.77. The largest absolute Gasteiger partial charge is 0.385 e. The molecule has 1 amide bonds. The van der Waals surface area contributed by atoms with Gasteiger partial charge in [-0.1, -0.05) is 18.2 Å². The summed E-state index contributed by atoms with van der Waals surface area (Å²) in [5, 5.41) is 2.64. The number of nitrogens with one attached hydrogen (secondary N) is 3. The molecule has 0 bridgehead atoms. The summed E-state index contributed by atoms with van der Waals surface area (Å²) < 4.78 is 0. The number of carbonyl (C=O) groups is 1. The van der Waals surface area contributed by atoms with Crippen molar-refractivity contribution in [2.75, 3.05) is 11.4 Å². The molecule has 1 aromatic heterocycles. The van der Waals surface area contributed by atoms with E-state index >= 15 is 0 Å². The number of aromatic amines is 2. The van der Waals surface area contributed by atoms with E-state index in [2.05, 4.69) is 16.4 Å². The second-order valence-electron chi connectivity index (χ2n) is 6.57. The summed E-state index contributed by atoms with van der Waals surface area (Å²) in [7, 11) is 0. The van der Waals surface area contributed by atoms with Gasteiger partial charge in [-0.15, -0.1) is 6.07 Å². The van der Waals surface area contributed by atoms with Crippen LogP contribution < -0.4 is 32.3 Å². The molecule has 29 heavy (non-hydrogen) atoms. The molecule has 3 N–H and O–H groups in total. The van der Waals surface area contributed by atoms with Crippen molar-refractivity contribution < 1.29 is 21.9 Å². The van der Waals surface area contributed by atoms with Gasteiger partial charge in [0.05, 0.1) is 0 Å². The van der Waals surface area contributed by atoms with Crippen LogP contribution in [0.5, 0.6) is 0 Å². The van der Waals surface area contributed by atoms with Gasteiger partial charge in [0.1, 0.15) is 16.4 Å². The molecule has 2 aromatic carbocycles. The van der Waals surface area contributed by atoms with Crippen LogP contribution >= 0.6 is 0 Å². The van der Waals surface area contributed by atoms with Crippen molar-refractivity contribution in [3.8, 4) is 0 Å². The average molecular weight is 434 g/mol. The average Bonchev–Trinajstić information content (AvgIpc) is 2.69. The van der Waals surface area contributed by atoms with Gasteiger partial charge in [-0.2, -0.15) is 0 Å². The van der Waals surface area contributed by atoms with Crippen LogP contribution in [0.2, 0.25) is 0 Å². The molecule has 0 saturated carbocycles. The number of amides is 1. The molecular weight excluding hydrogens is 419 g/mol. The summed E-state index contributed by atoms with van der Waals surface area (Å²) in [6.07, 6.45) is 1.81. The molecule has 1 radical (unpaired) electrons. The van der Waals surface area contributed by atoms with Gasteiger partial charge < -0.3 is 24.8 Å². The molecule has 0 spiro atoms. The van der Waals surface area contributed by atoms with E-state index in [-0.39, 0.29) is 29.2 Å². The Morgan fingerprint density at radius 2 is 1.97 bits per heavy atom. The number of benzene rings is 1. The van der Waals surface area contributed by atoms with E-state index < -0.39 is 28.0 Å². The zero-order valence-electron chi connectivity index (χ0n) is 15.0. The monoisotopic (exact) mass is 434 g/mol. The Kier molecular flexibility index (Phi) is 5.67. The molecule has 0 aliphatic carbocycles. The van der Waals surface area contributed by atoms with Gasteiger partial charge in [-0.25, -0.2) is 4.79 Å². The molecule has 0 saturated heterocycles. The van der Waals surface area contributed by atoms with E-state index in [0.717, 1.165) is 29.3 Å². The van der Waals surface area contributed by atoms with Crippen molar-refractivity contribution in [2.24, 2.45) is 0 Å². The van der Waals surface area contributed by atoms with Crippen molar-refractivity contribution in [3.63, 3.8) is 0 Å². The van der Waals surface area contributed by atoms with E-state index in [1.165, 1.54) is 0 Å². The van der Waals surface area contributed by atoms with Crippen molar-refractivity contribution in [1.82, 2.24) is 15.3 Å². The summed E-state index contributed by atoms with van der Waals surface area (Å²) in [4.78, 5) is 63.6. The molecule has 1 aliphatic rings. The van der Waals surface area contributed by atoms with E-state index in [1.807, 2.05) is 28.1 Å². The van der Waals surface area contributed by atoms with Crippen molar-refractivity contribution in [1.29, 1.82) is 0 Å². The Morgan fingerprint density at radius 1 is 1.17 bits per heavy atom. The maximum atomic E-state index is 12.2. The number of hydrogen-bond donors (Lipinski definition) is 3. The topological polar surface area (TPSA) is 132 Å². The Labute approximate surface area is 173 Å². The number of hydrogen-bond acceptors (Lipinski definition) is 6. The summed E-state index contributed by atoms with van der Waals surface area (Å²) >= 11 is 0. The standard InChI is InChI=1S/C19H15N4O5.Mn/c24-15-6-14(16(15)25)23-4-3-11-2-1-10(5-12(11)9-23)7-20-17(26)13-8-21-19(28)22-18(13)27;/h1-2,5,8H,3-4,7,9H2,(H,20,26)(H2,21,22,27,28);/q-1;. The molecule has 0 atom stereocenters. The fourth-order valence-electron chi connectivity index (χ4n) is 3.26.